The fraction of sp³-hybridized carbons (Fsp3) is 0.444. The number of hydrogen-bond acceptors (Lipinski definition) is 4. The third-order valence-corrected chi connectivity index (χ3v) is 4.27. The average Bonchev–Trinajstić information content (AvgIpc) is 3.22. The average molecular weight is 313 g/mol. The maximum Gasteiger partial charge on any atom is 0.276 e. The Kier molecular flexibility index (Phi) is 4.76. The first-order chi connectivity index (χ1) is 11.1. The van der Waals surface area contributed by atoms with Crippen molar-refractivity contribution in [3.8, 4) is 11.3 Å². The minimum atomic E-state index is -0.0834. The molecule has 3 rings (SSSR count). The summed E-state index contributed by atoms with van der Waals surface area (Å²) in [6.07, 6.45) is 2.52. The molecule has 1 aliphatic rings. The first kappa shape index (κ1) is 15.7. The predicted octanol–water partition coefficient (Wildman–Crippen LogP) is 2.82. The zero-order valence-corrected chi connectivity index (χ0v) is 13.8. The number of oxazole rings is 1. The van der Waals surface area contributed by atoms with Crippen LogP contribution < -0.4 is 0 Å². The number of benzene rings is 1. The molecule has 1 saturated heterocycles. The molecular weight excluding hydrogens is 290 g/mol. The highest BCUT2D eigenvalue weighted by atomic mass is 16.4. The summed E-state index contributed by atoms with van der Waals surface area (Å²) in [6, 6.07) is 9.66. The molecule has 0 radical (unpaired) electrons. The Labute approximate surface area is 136 Å². The number of likely N-dealkylation sites (tertiary alicyclic amines) is 1. The fourth-order valence-electron chi connectivity index (χ4n) is 2.94. The monoisotopic (exact) mass is 313 g/mol. The van der Waals surface area contributed by atoms with E-state index >= 15 is 0 Å². The van der Waals surface area contributed by atoms with Crippen LogP contribution in [0.3, 0.4) is 0 Å². The molecule has 5 heteroatoms. The van der Waals surface area contributed by atoms with Gasteiger partial charge in [0.15, 0.2) is 17.3 Å². The van der Waals surface area contributed by atoms with E-state index in [9.17, 15) is 4.79 Å². The smallest absolute Gasteiger partial charge is 0.276 e. The molecule has 1 aromatic heterocycles. The van der Waals surface area contributed by atoms with E-state index in [2.05, 4.69) is 9.88 Å². The number of nitrogens with zero attached hydrogens (tertiary/aromatic N) is 3. The van der Waals surface area contributed by atoms with Crippen LogP contribution in [0.25, 0.3) is 11.3 Å². The first-order valence-electron chi connectivity index (χ1n) is 8.16. The maximum absolute atomic E-state index is 12.7. The molecule has 0 aliphatic carbocycles. The molecule has 0 N–H and O–H groups in total. The minimum Gasteiger partial charge on any atom is -0.440 e. The minimum absolute atomic E-state index is 0.0834. The van der Waals surface area contributed by atoms with E-state index in [0.717, 1.165) is 25.2 Å². The number of likely N-dealkylation sites (N-methyl/N-ethyl adjacent to an activating group) is 1. The number of amides is 1. The molecule has 1 aromatic carbocycles. The van der Waals surface area contributed by atoms with E-state index in [0.29, 0.717) is 23.9 Å². The fourth-order valence-corrected chi connectivity index (χ4v) is 2.94. The lowest BCUT2D eigenvalue weighted by atomic mass is 10.1. The van der Waals surface area contributed by atoms with Gasteiger partial charge in [0.05, 0.1) is 0 Å². The van der Waals surface area contributed by atoms with Crippen LogP contribution in [-0.2, 0) is 0 Å². The normalized spacial score (nSPS) is 15.0. The molecule has 2 aromatic rings. The predicted molar refractivity (Wildman–Crippen MR) is 89.3 cm³/mol. The Hall–Kier alpha value is -2.14. The molecule has 0 spiro atoms. The van der Waals surface area contributed by atoms with Crippen LogP contribution >= 0.6 is 0 Å². The third-order valence-electron chi connectivity index (χ3n) is 4.27. The standard InChI is InChI=1S/C18H23N3O2/c1-14-19-16(17(23-14)15-8-4-3-5-9-15)18(22)20(2)12-13-21-10-6-7-11-21/h3-5,8-9H,6-7,10-13H2,1-2H3. The highest BCUT2D eigenvalue weighted by Crippen LogP contribution is 2.25. The summed E-state index contributed by atoms with van der Waals surface area (Å²) in [6.45, 7) is 5.67. The van der Waals surface area contributed by atoms with Crippen molar-refractivity contribution in [2.24, 2.45) is 0 Å². The van der Waals surface area contributed by atoms with Crippen molar-refractivity contribution in [3.05, 3.63) is 41.9 Å². The van der Waals surface area contributed by atoms with Gasteiger partial charge >= 0.3 is 0 Å². The van der Waals surface area contributed by atoms with Crippen molar-refractivity contribution in [2.45, 2.75) is 19.8 Å². The largest absolute Gasteiger partial charge is 0.440 e. The summed E-state index contributed by atoms with van der Waals surface area (Å²) in [7, 11) is 1.83. The van der Waals surface area contributed by atoms with Crippen molar-refractivity contribution in [1.29, 1.82) is 0 Å². The molecule has 0 bridgehead atoms. The summed E-state index contributed by atoms with van der Waals surface area (Å²) in [4.78, 5) is 21.2. The van der Waals surface area contributed by atoms with E-state index in [-0.39, 0.29) is 5.91 Å². The molecule has 1 aliphatic heterocycles. The summed E-state index contributed by atoms with van der Waals surface area (Å²) in [5, 5.41) is 0. The van der Waals surface area contributed by atoms with Crippen molar-refractivity contribution in [3.63, 3.8) is 0 Å². The van der Waals surface area contributed by atoms with Gasteiger partial charge in [-0.25, -0.2) is 4.98 Å². The van der Waals surface area contributed by atoms with Gasteiger partial charge in [-0.2, -0.15) is 0 Å². The lowest BCUT2D eigenvalue weighted by Crippen LogP contribution is -2.35. The Morgan fingerprint density at radius 2 is 1.96 bits per heavy atom. The molecule has 0 saturated carbocycles. The number of rotatable bonds is 5. The number of aryl methyl sites for hydroxylation is 1. The van der Waals surface area contributed by atoms with Gasteiger partial charge in [0.2, 0.25) is 0 Å². The summed E-state index contributed by atoms with van der Waals surface area (Å²) in [5.74, 6) is 0.987. The van der Waals surface area contributed by atoms with Gasteiger partial charge in [0, 0.05) is 32.6 Å². The molecule has 5 nitrogen and oxygen atoms in total. The van der Waals surface area contributed by atoms with Crippen molar-refractivity contribution in [2.75, 3.05) is 33.2 Å². The summed E-state index contributed by atoms with van der Waals surface area (Å²) < 4.78 is 5.68. The maximum atomic E-state index is 12.7. The number of aromatic nitrogens is 1. The molecule has 2 heterocycles. The highest BCUT2D eigenvalue weighted by molar-refractivity contribution is 5.97. The van der Waals surface area contributed by atoms with Crippen LogP contribution in [0.5, 0.6) is 0 Å². The van der Waals surface area contributed by atoms with Crippen LogP contribution in [0.1, 0.15) is 29.2 Å². The number of carbonyl (C=O) groups is 1. The zero-order chi connectivity index (χ0) is 16.2. The van der Waals surface area contributed by atoms with Gasteiger partial charge in [0.25, 0.3) is 5.91 Å². The highest BCUT2D eigenvalue weighted by Gasteiger charge is 2.23. The molecule has 0 atom stereocenters. The molecule has 1 amide bonds. The van der Waals surface area contributed by atoms with E-state index < -0.39 is 0 Å². The summed E-state index contributed by atoms with van der Waals surface area (Å²) in [5.41, 5.74) is 1.28. The molecule has 23 heavy (non-hydrogen) atoms. The van der Waals surface area contributed by atoms with E-state index in [1.54, 1.807) is 11.8 Å². The van der Waals surface area contributed by atoms with Crippen LogP contribution in [0.15, 0.2) is 34.7 Å². The van der Waals surface area contributed by atoms with Gasteiger partial charge in [-0.1, -0.05) is 30.3 Å². The van der Waals surface area contributed by atoms with Crippen LogP contribution in [-0.4, -0.2) is 53.9 Å². The van der Waals surface area contributed by atoms with Gasteiger partial charge in [-0.05, 0) is 25.9 Å². The number of hydrogen-bond donors (Lipinski definition) is 0. The van der Waals surface area contributed by atoms with Crippen LogP contribution in [0, 0.1) is 6.92 Å². The van der Waals surface area contributed by atoms with Crippen molar-refractivity contribution >= 4 is 5.91 Å². The van der Waals surface area contributed by atoms with Gasteiger partial charge in [0.1, 0.15) is 0 Å². The number of carbonyl (C=O) groups excluding carboxylic acids is 1. The molecule has 1 fully saturated rings. The Morgan fingerprint density at radius 3 is 2.65 bits per heavy atom. The SMILES string of the molecule is Cc1nc(C(=O)N(C)CCN2CCCC2)c(-c2ccccc2)o1. The second-order valence-electron chi connectivity index (χ2n) is 6.05. The van der Waals surface area contributed by atoms with E-state index in [1.165, 1.54) is 12.8 Å². The second kappa shape index (κ2) is 6.96. The lowest BCUT2D eigenvalue weighted by molar-refractivity contribution is 0.0777. The molecular formula is C18H23N3O2. The third kappa shape index (κ3) is 3.62. The Morgan fingerprint density at radius 1 is 1.26 bits per heavy atom. The van der Waals surface area contributed by atoms with Crippen molar-refractivity contribution in [1.82, 2.24) is 14.8 Å². The topological polar surface area (TPSA) is 49.6 Å². The van der Waals surface area contributed by atoms with Gasteiger partial charge in [-0.15, -0.1) is 0 Å². The van der Waals surface area contributed by atoms with E-state index in [4.69, 9.17) is 4.42 Å². The first-order valence-corrected chi connectivity index (χ1v) is 8.16. The van der Waals surface area contributed by atoms with Gasteiger partial charge in [-0.3, -0.25) is 4.79 Å². The van der Waals surface area contributed by atoms with Crippen LogP contribution in [0.2, 0.25) is 0 Å². The Balaban J connectivity index is 1.74. The Bertz CT molecular complexity index is 660. The zero-order valence-electron chi connectivity index (χ0n) is 13.8. The van der Waals surface area contributed by atoms with Crippen molar-refractivity contribution < 1.29 is 9.21 Å². The molecule has 122 valence electrons. The molecule has 0 unspecified atom stereocenters. The second-order valence-corrected chi connectivity index (χ2v) is 6.05. The van der Waals surface area contributed by atoms with Crippen LogP contribution in [0.4, 0.5) is 0 Å². The van der Waals surface area contributed by atoms with Gasteiger partial charge < -0.3 is 14.2 Å². The quantitative estimate of drug-likeness (QED) is 0.852. The summed E-state index contributed by atoms with van der Waals surface area (Å²) >= 11 is 0. The van der Waals surface area contributed by atoms with E-state index in [1.807, 2.05) is 37.4 Å². The lowest BCUT2D eigenvalue weighted by Gasteiger charge is -2.21.